The summed E-state index contributed by atoms with van der Waals surface area (Å²) >= 11 is 4.07. The molecule has 52 heavy (non-hydrogen) atoms. The summed E-state index contributed by atoms with van der Waals surface area (Å²) in [5.74, 6) is 4.78. The zero-order chi connectivity index (χ0) is 37.4. The van der Waals surface area contributed by atoms with E-state index < -0.39 is 0 Å². The van der Waals surface area contributed by atoms with Crippen LogP contribution in [0, 0.1) is 0 Å². The fourth-order valence-corrected chi connectivity index (χ4v) is 8.63. The van der Waals surface area contributed by atoms with E-state index in [0.29, 0.717) is 0 Å². The van der Waals surface area contributed by atoms with Crippen LogP contribution in [0.5, 0.6) is 0 Å². The molecule has 8 nitrogen and oxygen atoms in total. The van der Waals surface area contributed by atoms with Gasteiger partial charge in [-0.25, -0.2) is 9.59 Å². The van der Waals surface area contributed by atoms with Gasteiger partial charge in [-0.3, -0.25) is 0 Å². The number of carbonyl (C=O) groups is 2. The Kier molecular flexibility index (Phi) is 37.7. The van der Waals surface area contributed by atoms with Gasteiger partial charge in [0.1, 0.15) is 0 Å². The molecule has 1 aliphatic heterocycles. The van der Waals surface area contributed by atoms with Crippen LogP contribution in [0.1, 0.15) is 168 Å². The molecule has 0 bridgehead atoms. The van der Waals surface area contributed by atoms with Gasteiger partial charge in [0.15, 0.2) is 0 Å². The summed E-state index contributed by atoms with van der Waals surface area (Å²) in [6, 6.07) is -0.0544. The van der Waals surface area contributed by atoms with Crippen LogP contribution in [0.4, 0.5) is 9.59 Å². The van der Waals surface area contributed by atoms with Gasteiger partial charge in [0.25, 0.3) is 0 Å². The Morgan fingerprint density at radius 2 is 0.654 bits per heavy atom. The third kappa shape index (κ3) is 34.9. The van der Waals surface area contributed by atoms with E-state index in [-0.39, 0.29) is 12.1 Å². The van der Waals surface area contributed by atoms with Crippen molar-refractivity contribution < 1.29 is 9.59 Å². The number of hydrogen-bond acceptors (Lipinski definition) is 6. The molecule has 0 saturated carbocycles. The highest BCUT2D eigenvalue weighted by molar-refractivity contribution is 7.99. The number of nitrogens with one attached hydrogen (secondary N) is 4. The highest BCUT2D eigenvalue weighted by Crippen LogP contribution is 2.14. The monoisotopic (exact) mass is 771 g/mol. The normalized spacial score (nSPS) is 13.7. The lowest BCUT2D eigenvalue weighted by molar-refractivity contribution is 0.130. The lowest BCUT2D eigenvalue weighted by Crippen LogP contribution is -2.47. The Morgan fingerprint density at radius 1 is 0.385 bits per heavy atom. The summed E-state index contributed by atoms with van der Waals surface area (Å²) in [6.45, 7) is 13.9. The third-order valence-electron chi connectivity index (χ3n) is 10.1. The van der Waals surface area contributed by atoms with Gasteiger partial charge in [0.2, 0.25) is 0 Å². The Bertz CT molecular complexity index is 711. The quantitative estimate of drug-likeness (QED) is 0.0468. The molecule has 1 fully saturated rings. The Balaban J connectivity index is 1.80. The van der Waals surface area contributed by atoms with Gasteiger partial charge in [-0.05, 0) is 74.6 Å². The fraction of sp³-hybridized carbons (Fsp3) is 0.952. The number of nitrogens with zero attached hydrogens (tertiary/aromatic N) is 2. The predicted octanol–water partition coefficient (Wildman–Crippen LogP) is 10.1. The van der Waals surface area contributed by atoms with Crippen LogP contribution in [0.3, 0.4) is 0 Å². The summed E-state index contributed by atoms with van der Waals surface area (Å²) < 4.78 is 0. The first-order valence-electron chi connectivity index (χ1n) is 22.3. The first-order chi connectivity index (χ1) is 25.7. The Hall–Kier alpha value is -0.840. The molecule has 4 amide bonds. The molecule has 0 atom stereocenters. The summed E-state index contributed by atoms with van der Waals surface area (Å²) in [7, 11) is 0. The van der Waals surface area contributed by atoms with Crippen LogP contribution < -0.4 is 21.3 Å². The van der Waals surface area contributed by atoms with Crippen molar-refractivity contribution in [3.8, 4) is 0 Å². The molecule has 0 aliphatic carbocycles. The molecule has 4 N–H and O–H groups in total. The van der Waals surface area contributed by atoms with E-state index in [1.165, 1.54) is 140 Å². The number of urea groups is 2. The zero-order valence-corrected chi connectivity index (χ0v) is 36.0. The van der Waals surface area contributed by atoms with Crippen molar-refractivity contribution in [3.05, 3.63) is 0 Å². The minimum Gasteiger partial charge on any atom is -0.338 e. The summed E-state index contributed by atoms with van der Waals surface area (Å²) in [5.41, 5.74) is 0. The van der Waals surface area contributed by atoms with Crippen LogP contribution in [0.15, 0.2) is 0 Å². The number of amides is 4. The molecule has 308 valence electrons. The van der Waals surface area contributed by atoms with Crippen molar-refractivity contribution in [2.24, 2.45) is 0 Å². The van der Waals surface area contributed by atoms with E-state index in [1.54, 1.807) is 0 Å². The van der Waals surface area contributed by atoms with Crippen molar-refractivity contribution in [1.29, 1.82) is 0 Å². The van der Waals surface area contributed by atoms with Crippen molar-refractivity contribution in [1.82, 2.24) is 31.1 Å². The molecule has 1 heterocycles. The molecule has 0 aromatic heterocycles. The summed E-state index contributed by atoms with van der Waals surface area (Å²) in [4.78, 5) is 29.3. The third-order valence-corrected chi connectivity index (χ3v) is 12.4. The van der Waals surface area contributed by atoms with E-state index >= 15 is 0 Å². The number of rotatable bonds is 38. The van der Waals surface area contributed by atoms with Crippen LogP contribution in [0.2, 0.25) is 0 Å². The zero-order valence-electron chi connectivity index (χ0n) is 34.4. The maximum absolute atomic E-state index is 12.1. The van der Waals surface area contributed by atoms with E-state index in [1.807, 2.05) is 23.5 Å². The lowest BCUT2D eigenvalue weighted by Gasteiger charge is -2.34. The van der Waals surface area contributed by atoms with Crippen LogP contribution in [0.25, 0.3) is 0 Å². The standard InChI is InChI=1S/C42H86N6O2S2/c1-3-5-7-9-11-13-15-17-19-21-37-51-39-25-29-45-41(49)43-27-23-31-47-33-35-48(36-34-47)32-24-28-44-42(50)46-30-26-40-52-38-22-20-18-16-14-12-10-8-6-4-2/h3-40H2,1-2H3,(H2,43,45,49)(H2,44,46,50). The maximum Gasteiger partial charge on any atom is 0.314 e. The van der Waals surface area contributed by atoms with Crippen molar-refractivity contribution in [3.63, 3.8) is 0 Å². The van der Waals surface area contributed by atoms with Gasteiger partial charge in [-0.2, -0.15) is 23.5 Å². The van der Waals surface area contributed by atoms with Crippen molar-refractivity contribution in [2.45, 2.75) is 168 Å². The van der Waals surface area contributed by atoms with Gasteiger partial charge < -0.3 is 31.1 Å². The summed E-state index contributed by atoms with van der Waals surface area (Å²) in [5, 5.41) is 12.1. The second kappa shape index (κ2) is 39.8. The largest absolute Gasteiger partial charge is 0.338 e. The van der Waals surface area contributed by atoms with Crippen molar-refractivity contribution in [2.75, 3.05) is 88.5 Å². The van der Waals surface area contributed by atoms with Crippen LogP contribution in [-0.4, -0.2) is 110 Å². The van der Waals surface area contributed by atoms with E-state index in [2.05, 4.69) is 44.9 Å². The fourth-order valence-electron chi connectivity index (χ4n) is 6.71. The smallest absolute Gasteiger partial charge is 0.314 e. The highest BCUT2D eigenvalue weighted by Gasteiger charge is 2.16. The van der Waals surface area contributed by atoms with E-state index in [0.717, 1.165) is 103 Å². The average Bonchev–Trinajstić information content (AvgIpc) is 3.15. The van der Waals surface area contributed by atoms with E-state index in [9.17, 15) is 9.59 Å². The second-order valence-electron chi connectivity index (χ2n) is 15.1. The SMILES string of the molecule is CCCCCCCCCCCCSCCCNC(=O)NCCCN1CCN(CCCNC(=O)NCCCSCCCCCCCCCCCC)CC1. The van der Waals surface area contributed by atoms with Crippen LogP contribution >= 0.6 is 23.5 Å². The van der Waals surface area contributed by atoms with Gasteiger partial charge in [0, 0.05) is 52.4 Å². The second-order valence-corrected chi connectivity index (χ2v) is 17.5. The molecular weight excluding hydrogens is 685 g/mol. The lowest BCUT2D eigenvalue weighted by atomic mass is 10.1. The number of thioether (sulfide) groups is 2. The van der Waals surface area contributed by atoms with E-state index in [4.69, 9.17) is 0 Å². The molecule has 0 aromatic carbocycles. The van der Waals surface area contributed by atoms with Gasteiger partial charge in [-0.15, -0.1) is 0 Å². The number of piperazine rings is 1. The molecule has 10 heteroatoms. The highest BCUT2D eigenvalue weighted by atomic mass is 32.2. The molecule has 0 unspecified atom stereocenters. The minimum absolute atomic E-state index is 0.0272. The summed E-state index contributed by atoms with van der Waals surface area (Å²) in [6.07, 6.45) is 31.9. The molecule has 1 aliphatic rings. The Labute approximate surface area is 331 Å². The predicted molar refractivity (Wildman–Crippen MR) is 232 cm³/mol. The number of unbranched alkanes of at least 4 members (excludes halogenated alkanes) is 18. The molecular formula is C42H86N6O2S2. The molecule has 0 spiro atoms. The first kappa shape index (κ1) is 49.2. The molecule has 0 aromatic rings. The maximum atomic E-state index is 12.1. The van der Waals surface area contributed by atoms with Crippen LogP contribution in [-0.2, 0) is 0 Å². The number of carbonyl (C=O) groups excluding carboxylic acids is 2. The van der Waals surface area contributed by atoms with Gasteiger partial charge in [0.05, 0.1) is 0 Å². The first-order valence-corrected chi connectivity index (χ1v) is 24.6. The Morgan fingerprint density at radius 3 is 0.981 bits per heavy atom. The molecule has 1 saturated heterocycles. The topological polar surface area (TPSA) is 88.7 Å². The minimum atomic E-state index is -0.0272. The molecule has 0 radical (unpaired) electrons. The number of hydrogen-bond donors (Lipinski definition) is 4. The molecule has 1 rings (SSSR count). The average molecular weight is 771 g/mol. The van der Waals surface area contributed by atoms with Crippen molar-refractivity contribution >= 4 is 35.6 Å². The van der Waals surface area contributed by atoms with Gasteiger partial charge in [-0.1, -0.05) is 129 Å². The van der Waals surface area contributed by atoms with Gasteiger partial charge >= 0.3 is 12.1 Å².